The highest BCUT2D eigenvalue weighted by Crippen LogP contribution is 2.29. The molecule has 27 heavy (non-hydrogen) atoms. The predicted molar refractivity (Wildman–Crippen MR) is 107 cm³/mol. The number of rotatable bonds is 6. The smallest absolute Gasteiger partial charge is 0.226 e. The third kappa shape index (κ3) is 4.06. The molecule has 0 radical (unpaired) electrons. The number of hydrogen-bond donors (Lipinski definition) is 1. The lowest BCUT2D eigenvalue weighted by Gasteiger charge is -2.15. The number of ether oxygens (including phenoxy) is 1. The molecule has 140 valence electrons. The number of benzene rings is 2. The van der Waals surface area contributed by atoms with Crippen LogP contribution in [-0.4, -0.2) is 24.7 Å². The Morgan fingerprint density at radius 2 is 1.85 bits per heavy atom. The van der Waals surface area contributed by atoms with Gasteiger partial charge in [-0.25, -0.2) is 4.98 Å². The molecule has 0 unspecified atom stereocenters. The molecule has 0 amide bonds. The fourth-order valence-electron chi connectivity index (χ4n) is 3.70. The van der Waals surface area contributed by atoms with E-state index in [9.17, 15) is 0 Å². The first-order chi connectivity index (χ1) is 13.2. The summed E-state index contributed by atoms with van der Waals surface area (Å²) in [7, 11) is 0. The standard InChI is InChI=1S/C23H26N2O2/c1-16-14-24-15-21(16)18-8-10-20(11-9-18)26-13-12-22-17(2)27-23(25-22)19-6-4-3-5-7-19/h3-11,16,21,24H,12-15H2,1-2H3/t16-,21-/m0/s1. The van der Waals surface area contributed by atoms with Crippen LogP contribution in [0.15, 0.2) is 59.0 Å². The van der Waals surface area contributed by atoms with Crippen LogP contribution in [-0.2, 0) is 6.42 Å². The molecular formula is C23H26N2O2. The lowest BCUT2D eigenvalue weighted by Crippen LogP contribution is -2.08. The summed E-state index contributed by atoms with van der Waals surface area (Å²) in [4.78, 5) is 4.63. The summed E-state index contributed by atoms with van der Waals surface area (Å²) in [6.07, 6.45) is 0.730. The molecule has 1 aliphatic heterocycles. The van der Waals surface area contributed by atoms with Crippen LogP contribution in [0.4, 0.5) is 0 Å². The van der Waals surface area contributed by atoms with Gasteiger partial charge in [-0.3, -0.25) is 0 Å². The van der Waals surface area contributed by atoms with Crippen LogP contribution < -0.4 is 10.1 Å². The van der Waals surface area contributed by atoms with Crippen LogP contribution in [0, 0.1) is 12.8 Å². The summed E-state index contributed by atoms with van der Waals surface area (Å²) in [5.74, 6) is 3.73. The molecule has 1 N–H and O–H groups in total. The molecule has 1 aliphatic rings. The van der Waals surface area contributed by atoms with Crippen molar-refractivity contribution in [3.8, 4) is 17.2 Å². The third-order valence-electron chi connectivity index (χ3n) is 5.35. The van der Waals surface area contributed by atoms with Crippen LogP contribution in [0.1, 0.15) is 29.9 Å². The lowest BCUT2D eigenvalue weighted by molar-refractivity contribution is 0.319. The molecule has 2 atom stereocenters. The van der Waals surface area contributed by atoms with Gasteiger partial charge in [0.2, 0.25) is 5.89 Å². The zero-order valence-corrected chi connectivity index (χ0v) is 15.9. The molecule has 0 bridgehead atoms. The normalized spacial score (nSPS) is 19.3. The van der Waals surface area contributed by atoms with Gasteiger partial charge in [0.1, 0.15) is 11.5 Å². The maximum atomic E-state index is 5.93. The average Bonchev–Trinajstić information content (AvgIpc) is 3.29. The van der Waals surface area contributed by atoms with Crippen molar-refractivity contribution >= 4 is 0 Å². The van der Waals surface area contributed by atoms with Crippen LogP contribution in [0.25, 0.3) is 11.5 Å². The zero-order valence-electron chi connectivity index (χ0n) is 15.9. The van der Waals surface area contributed by atoms with Gasteiger partial charge in [0, 0.05) is 24.4 Å². The van der Waals surface area contributed by atoms with Crippen molar-refractivity contribution in [3.63, 3.8) is 0 Å². The van der Waals surface area contributed by atoms with E-state index in [2.05, 4.69) is 41.5 Å². The molecule has 3 aromatic rings. The summed E-state index contributed by atoms with van der Waals surface area (Å²) in [5.41, 5.74) is 3.34. The molecule has 0 spiro atoms. The highest BCUT2D eigenvalue weighted by Gasteiger charge is 2.24. The first-order valence-corrected chi connectivity index (χ1v) is 9.66. The van der Waals surface area contributed by atoms with E-state index in [1.165, 1.54) is 5.56 Å². The molecule has 1 aromatic heterocycles. The van der Waals surface area contributed by atoms with Crippen molar-refractivity contribution in [1.82, 2.24) is 10.3 Å². The van der Waals surface area contributed by atoms with Crippen molar-refractivity contribution in [2.24, 2.45) is 5.92 Å². The first kappa shape index (κ1) is 17.8. The van der Waals surface area contributed by atoms with Gasteiger partial charge in [-0.1, -0.05) is 37.3 Å². The highest BCUT2D eigenvalue weighted by atomic mass is 16.5. The lowest BCUT2D eigenvalue weighted by atomic mass is 9.90. The maximum Gasteiger partial charge on any atom is 0.226 e. The highest BCUT2D eigenvalue weighted by molar-refractivity contribution is 5.53. The number of nitrogens with zero attached hydrogens (tertiary/aromatic N) is 1. The average molecular weight is 362 g/mol. The van der Waals surface area contributed by atoms with Gasteiger partial charge < -0.3 is 14.5 Å². The minimum Gasteiger partial charge on any atom is -0.493 e. The molecule has 4 rings (SSSR count). The Bertz CT molecular complexity index is 871. The largest absolute Gasteiger partial charge is 0.493 e. The van der Waals surface area contributed by atoms with Crippen molar-refractivity contribution in [1.29, 1.82) is 0 Å². The molecule has 0 saturated carbocycles. The van der Waals surface area contributed by atoms with E-state index in [1.807, 2.05) is 37.3 Å². The fourth-order valence-corrected chi connectivity index (χ4v) is 3.70. The molecule has 1 fully saturated rings. The van der Waals surface area contributed by atoms with Crippen molar-refractivity contribution < 1.29 is 9.15 Å². The van der Waals surface area contributed by atoms with Crippen molar-refractivity contribution in [3.05, 3.63) is 71.6 Å². The summed E-state index contributed by atoms with van der Waals surface area (Å²) in [6, 6.07) is 18.5. The number of aromatic nitrogens is 1. The Kier molecular flexibility index (Phi) is 5.26. The topological polar surface area (TPSA) is 47.3 Å². The van der Waals surface area contributed by atoms with Gasteiger partial charge in [-0.15, -0.1) is 0 Å². The van der Waals surface area contributed by atoms with Crippen LogP contribution in [0.2, 0.25) is 0 Å². The van der Waals surface area contributed by atoms with E-state index >= 15 is 0 Å². The molecule has 4 nitrogen and oxygen atoms in total. The number of aryl methyl sites for hydroxylation is 1. The Hall–Kier alpha value is -2.59. The summed E-state index contributed by atoms with van der Waals surface area (Å²) >= 11 is 0. The first-order valence-electron chi connectivity index (χ1n) is 9.66. The molecule has 2 heterocycles. The van der Waals surface area contributed by atoms with Gasteiger partial charge in [-0.2, -0.15) is 0 Å². The van der Waals surface area contributed by atoms with Gasteiger partial charge >= 0.3 is 0 Å². The van der Waals surface area contributed by atoms with Crippen LogP contribution in [0.3, 0.4) is 0 Å². The molecule has 4 heteroatoms. The second-order valence-electron chi connectivity index (χ2n) is 7.30. The van der Waals surface area contributed by atoms with E-state index < -0.39 is 0 Å². The van der Waals surface area contributed by atoms with Gasteiger partial charge in [-0.05, 0) is 49.2 Å². The maximum absolute atomic E-state index is 5.93. The van der Waals surface area contributed by atoms with E-state index in [0.717, 1.165) is 42.3 Å². The monoisotopic (exact) mass is 362 g/mol. The Morgan fingerprint density at radius 1 is 1.07 bits per heavy atom. The number of oxazole rings is 1. The summed E-state index contributed by atoms with van der Waals surface area (Å²) in [5, 5.41) is 3.46. The van der Waals surface area contributed by atoms with E-state index in [1.54, 1.807) is 0 Å². The molecule has 2 aromatic carbocycles. The molecule has 1 saturated heterocycles. The van der Waals surface area contributed by atoms with Gasteiger partial charge in [0.05, 0.1) is 12.3 Å². The minimum absolute atomic E-state index is 0.586. The van der Waals surface area contributed by atoms with Gasteiger partial charge in [0.15, 0.2) is 0 Å². The summed E-state index contributed by atoms with van der Waals surface area (Å²) < 4.78 is 11.7. The van der Waals surface area contributed by atoms with Gasteiger partial charge in [0.25, 0.3) is 0 Å². The van der Waals surface area contributed by atoms with E-state index in [-0.39, 0.29) is 0 Å². The number of hydrogen-bond acceptors (Lipinski definition) is 4. The fraction of sp³-hybridized carbons (Fsp3) is 0.348. The quantitative estimate of drug-likeness (QED) is 0.696. The second kappa shape index (κ2) is 7.97. The summed E-state index contributed by atoms with van der Waals surface area (Å²) in [6.45, 7) is 7.02. The van der Waals surface area contributed by atoms with Crippen LogP contribution in [0.5, 0.6) is 5.75 Å². The van der Waals surface area contributed by atoms with E-state index in [4.69, 9.17) is 9.15 Å². The SMILES string of the molecule is Cc1oc(-c2ccccc2)nc1CCOc1ccc([C@H]2CNC[C@@H]2C)cc1. The number of nitrogens with one attached hydrogen (secondary N) is 1. The predicted octanol–water partition coefficient (Wildman–Crippen LogP) is 4.59. The Balaban J connectivity index is 1.34. The molecular weight excluding hydrogens is 336 g/mol. The molecule has 0 aliphatic carbocycles. The van der Waals surface area contributed by atoms with Crippen molar-refractivity contribution in [2.45, 2.75) is 26.2 Å². The van der Waals surface area contributed by atoms with Crippen LogP contribution >= 0.6 is 0 Å². The Labute approximate surface area is 160 Å². The van der Waals surface area contributed by atoms with Crippen molar-refractivity contribution in [2.75, 3.05) is 19.7 Å². The third-order valence-corrected chi connectivity index (χ3v) is 5.35. The minimum atomic E-state index is 0.586. The Morgan fingerprint density at radius 3 is 2.56 bits per heavy atom. The zero-order chi connectivity index (χ0) is 18.6. The second-order valence-corrected chi connectivity index (χ2v) is 7.30. The van der Waals surface area contributed by atoms with E-state index in [0.29, 0.717) is 24.3 Å².